The summed E-state index contributed by atoms with van der Waals surface area (Å²) in [4.78, 5) is 10.6. The van der Waals surface area contributed by atoms with Gasteiger partial charge in [-0.25, -0.2) is 9.97 Å². The van der Waals surface area contributed by atoms with Crippen LogP contribution in [0.1, 0.15) is 0 Å². The van der Waals surface area contributed by atoms with Crippen LogP contribution in [0.25, 0.3) is 94.5 Å². The highest BCUT2D eigenvalue weighted by atomic mass is 16.3. The molecule has 10 rings (SSSR count). The second-order valence-electron chi connectivity index (χ2n) is 12.6. The van der Waals surface area contributed by atoms with Crippen molar-refractivity contribution < 1.29 is 4.42 Å². The summed E-state index contributed by atoms with van der Waals surface area (Å²) < 4.78 is 8.98. The van der Waals surface area contributed by atoms with Crippen molar-refractivity contribution in [1.82, 2.24) is 14.5 Å². The van der Waals surface area contributed by atoms with Crippen molar-refractivity contribution in [3.05, 3.63) is 176 Å². The van der Waals surface area contributed by atoms with Crippen LogP contribution < -0.4 is 0 Å². The van der Waals surface area contributed by atoms with Gasteiger partial charge in [-0.1, -0.05) is 152 Å². The first-order chi connectivity index (χ1) is 24.8. The highest BCUT2D eigenvalue weighted by molar-refractivity contribution is 6.26. The molecule has 0 radical (unpaired) electrons. The molecule has 0 bridgehead atoms. The standard InChI is InChI=1S/C46H29N3O/c1-4-14-30(15-5-1)31-24-26-32(27-25-31)37-28-38-35-20-11-13-23-42(35)50-45(38)44-43(37)36-21-10-12-22-41(36)49(44)46-47-39(33-16-6-2-7-17-33)29-40(48-46)34-18-8-3-9-19-34/h1-29H. The number of hydrogen-bond acceptors (Lipinski definition) is 3. The van der Waals surface area contributed by atoms with Crippen LogP contribution in [0, 0.1) is 0 Å². The molecule has 0 saturated heterocycles. The number of furan rings is 1. The largest absolute Gasteiger partial charge is 0.454 e. The van der Waals surface area contributed by atoms with E-state index in [0.717, 1.165) is 77.4 Å². The van der Waals surface area contributed by atoms with E-state index in [2.05, 4.69) is 132 Å². The Morgan fingerprint density at radius 2 is 0.940 bits per heavy atom. The molecule has 4 heteroatoms. The van der Waals surface area contributed by atoms with Crippen LogP contribution in [-0.2, 0) is 0 Å². The zero-order chi connectivity index (χ0) is 33.0. The quantitative estimate of drug-likeness (QED) is 0.188. The van der Waals surface area contributed by atoms with Crippen molar-refractivity contribution in [2.24, 2.45) is 0 Å². The molecule has 0 fully saturated rings. The molecule has 0 aliphatic heterocycles. The van der Waals surface area contributed by atoms with Crippen molar-refractivity contribution in [3.63, 3.8) is 0 Å². The summed E-state index contributed by atoms with van der Waals surface area (Å²) in [5.74, 6) is 0.592. The Labute approximate surface area is 288 Å². The fraction of sp³-hybridized carbons (Fsp3) is 0. The van der Waals surface area contributed by atoms with Crippen LogP contribution in [-0.4, -0.2) is 14.5 Å². The molecule has 0 N–H and O–H groups in total. The monoisotopic (exact) mass is 639 g/mol. The maximum Gasteiger partial charge on any atom is 0.235 e. The Kier molecular flexibility index (Phi) is 6.46. The van der Waals surface area contributed by atoms with E-state index in [-0.39, 0.29) is 0 Å². The number of hydrogen-bond donors (Lipinski definition) is 0. The highest BCUT2D eigenvalue weighted by Gasteiger charge is 2.24. The first-order valence-corrected chi connectivity index (χ1v) is 16.8. The van der Waals surface area contributed by atoms with Crippen LogP contribution in [0.15, 0.2) is 180 Å². The van der Waals surface area contributed by atoms with Gasteiger partial charge in [-0.05, 0) is 46.5 Å². The number of benzene rings is 7. The normalized spacial score (nSPS) is 11.6. The van der Waals surface area contributed by atoms with Gasteiger partial charge < -0.3 is 4.42 Å². The third-order valence-electron chi connectivity index (χ3n) is 9.64. The van der Waals surface area contributed by atoms with Gasteiger partial charge in [0.1, 0.15) is 11.1 Å². The van der Waals surface area contributed by atoms with Crippen LogP contribution in [0.3, 0.4) is 0 Å². The molecule has 3 heterocycles. The summed E-state index contributed by atoms with van der Waals surface area (Å²) in [6.07, 6.45) is 0. The van der Waals surface area contributed by atoms with Crippen molar-refractivity contribution in [2.75, 3.05) is 0 Å². The Hall–Kier alpha value is -6.78. The minimum absolute atomic E-state index is 0.592. The first-order valence-electron chi connectivity index (χ1n) is 16.8. The Bertz CT molecular complexity index is 2780. The van der Waals surface area contributed by atoms with Crippen molar-refractivity contribution in [3.8, 4) is 50.7 Å². The topological polar surface area (TPSA) is 43.9 Å². The summed E-state index contributed by atoms with van der Waals surface area (Å²) in [5, 5.41) is 4.35. The predicted molar refractivity (Wildman–Crippen MR) is 205 cm³/mol. The second kappa shape index (κ2) is 11.4. The van der Waals surface area contributed by atoms with Gasteiger partial charge in [-0.15, -0.1) is 0 Å². The fourth-order valence-electron chi connectivity index (χ4n) is 7.29. The van der Waals surface area contributed by atoms with E-state index in [1.165, 1.54) is 11.1 Å². The molecule has 50 heavy (non-hydrogen) atoms. The molecule has 0 amide bonds. The average Bonchev–Trinajstić information content (AvgIpc) is 3.75. The lowest BCUT2D eigenvalue weighted by molar-refractivity contribution is 0.671. The fourth-order valence-corrected chi connectivity index (χ4v) is 7.29. The maximum absolute atomic E-state index is 6.78. The molecule has 0 spiro atoms. The number of aromatic nitrogens is 3. The molecule has 0 atom stereocenters. The van der Waals surface area contributed by atoms with E-state index in [4.69, 9.17) is 14.4 Å². The number of nitrogens with zero attached hydrogens (tertiary/aromatic N) is 3. The number of para-hydroxylation sites is 2. The molecule has 234 valence electrons. The van der Waals surface area contributed by atoms with Crippen LogP contribution >= 0.6 is 0 Å². The molecule has 0 saturated carbocycles. The van der Waals surface area contributed by atoms with Gasteiger partial charge in [-0.2, -0.15) is 0 Å². The summed E-state index contributed by atoms with van der Waals surface area (Å²) in [7, 11) is 0. The first kappa shape index (κ1) is 28.3. The van der Waals surface area contributed by atoms with Gasteiger partial charge >= 0.3 is 0 Å². The molecule has 7 aromatic carbocycles. The third-order valence-corrected chi connectivity index (χ3v) is 9.64. The van der Waals surface area contributed by atoms with E-state index < -0.39 is 0 Å². The van der Waals surface area contributed by atoms with Crippen molar-refractivity contribution in [2.45, 2.75) is 0 Å². The van der Waals surface area contributed by atoms with Crippen LogP contribution in [0.4, 0.5) is 0 Å². The Morgan fingerprint density at radius 1 is 0.420 bits per heavy atom. The van der Waals surface area contributed by atoms with Gasteiger partial charge in [0.25, 0.3) is 0 Å². The van der Waals surface area contributed by atoms with Crippen LogP contribution in [0.5, 0.6) is 0 Å². The number of fused-ring (bicyclic) bond motifs is 7. The zero-order valence-corrected chi connectivity index (χ0v) is 27.0. The predicted octanol–water partition coefficient (Wildman–Crippen LogP) is 12.1. The lowest BCUT2D eigenvalue weighted by atomic mass is 9.95. The smallest absolute Gasteiger partial charge is 0.235 e. The summed E-state index contributed by atoms with van der Waals surface area (Å²) >= 11 is 0. The minimum atomic E-state index is 0.592. The molecule has 10 aromatic rings. The molecule has 0 aliphatic carbocycles. The lowest BCUT2D eigenvalue weighted by Gasteiger charge is -2.12. The lowest BCUT2D eigenvalue weighted by Crippen LogP contribution is -2.04. The van der Waals surface area contributed by atoms with Gasteiger partial charge in [-0.3, -0.25) is 4.57 Å². The van der Waals surface area contributed by atoms with E-state index in [9.17, 15) is 0 Å². The molecule has 4 nitrogen and oxygen atoms in total. The van der Waals surface area contributed by atoms with Crippen LogP contribution in [0.2, 0.25) is 0 Å². The minimum Gasteiger partial charge on any atom is -0.454 e. The summed E-state index contributed by atoms with van der Waals surface area (Å²) in [6, 6.07) is 61.3. The summed E-state index contributed by atoms with van der Waals surface area (Å²) in [5.41, 5.74) is 12.0. The molecule has 0 aliphatic rings. The van der Waals surface area contributed by atoms with Crippen molar-refractivity contribution in [1.29, 1.82) is 0 Å². The molecular weight excluding hydrogens is 611 g/mol. The van der Waals surface area contributed by atoms with Gasteiger partial charge in [0, 0.05) is 32.7 Å². The van der Waals surface area contributed by atoms with Gasteiger partial charge in [0.15, 0.2) is 5.58 Å². The average molecular weight is 640 g/mol. The SMILES string of the molecule is c1ccc(-c2ccc(-c3cc4c5ccccc5oc4c4c3c3ccccc3n4-c3nc(-c4ccccc4)cc(-c4ccccc4)n3)cc2)cc1. The molecular formula is C46H29N3O. The highest BCUT2D eigenvalue weighted by Crippen LogP contribution is 2.45. The van der Waals surface area contributed by atoms with E-state index in [1.54, 1.807) is 0 Å². The second-order valence-corrected chi connectivity index (χ2v) is 12.6. The number of rotatable bonds is 5. The van der Waals surface area contributed by atoms with E-state index in [0.29, 0.717) is 5.95 Å². The Balaban J connectivity index is 1.32. The summed E-state index contributed by atoms with van der Waals surface area (Å²) in [6.45, 7) is 0. The van der Waals surface area contributed by atoms with E-state index >= 15 is 0 Å². The maximum atomic E-state index is 6.78. The van der Waals surface area contributed by atoms with Crippen molar-refractivity contribution >= 4 is 43.7 Å². The Morgan fingerprint density at radius 3 is 1.60 bits per heavy atom. The molecule has 0 unspecified atom stereocenters. The zero-order valence-electron chi connectivity index (χ0n) is 27.0. The molecule has 3 aromatic heterocycles. The van der Waals surface area contributed by atoms with Gasteiger partial charge in [0.05, 0.1) is 16.9 Å². The third kappa shape index (κ3) is 4.54. The van der Waals surface area contributed by atoms with Gasteiger partial charge in [0.2, 0.25) is 5.95 Å². The van der Waals surface area contributed by atoms with E-state index in [1.807, 2.05) is 48.5 Å².